The molecule has 90 valence electrons. The molecule has 1 aromatic heterocycles. The molecule has 1 amide bonds. The number of nitrogens with zero attached hydrogens (tertiary/aromatic N) is 3. The van der Waals surface area contributed by atoms with Gasteiger partial charge in [-0.05, 0) is 29.8 Å². The van der Waals surface area contributed by atoms with E-state index in [-0.39, 0.29) is 14.5 Å². The molecule has 18 heavy (non-hydrogen) atoms. The van der Waals surface area contributed by atoms with Crippen LogP contribution in [0.4, 0.5) is 5.69 Å². The molecular formula is C10H4Cl2N4OS. The van der Waals surface area contributed by atoms with Gasteiger partial charge in [0.2, 0.25) is 9.47 Å². The maximum atomic E-state index is 11.7. The van der Waals surface area contributed by atoms with Crippen LogP contribution < -0.4 is 5.32 Å². The van der Waals surface area contributed by atoms with E-state index in [9.17, 15) is 4.79 Å². The molecule has 1 aromatic carbocycles. The number of nitrogens with one attached hydrogen (secondary N) is 1. The summed E-state index contributed by atoms with van der Waals surface area (Å²) in [4.78, 5) is 11.7. The molecule has 0 aliphatic rings. The molecule has 0 aliphatic carbocycles. The first-order valence-electron chi connectivity index (χ1n) is 4.60. The van der Waals surface area contributed by atoms with Crippen molar-refractivity contribution in [1.82, 2.24) is 10.2 Å². The lowest BCUT2D eigenvalue weighted by molar-refractivity contribution is 0.102. The van der Waals surface area contributed by atoms with Crippen LogP contribution in [0.5, 0.6) is 0 Å². The Morgan fingerprint density at radius 1 is 1.39 bits per heavy atom. The van der Waals surface area contributed by atoms with Crippen LogP contribution in [-0.4, -0.2) is 16.1 Å². The number of benzene rings is 1. The second kappa shape index (κ2) is 5.31. The number of amides is 1. The summed E-state index contributed by atoms with van der Waals surface area (Å²) in [7, 11) is 0. The normalized spacial score (nSPS) is 9.83. The number of hydrogen-bond acceptors (Lipinski definition) is 5. The van der Waals surface area contributed by atoms with Gasteiger partial charge in [-0.2, -0.15) is 5.26 Å². The zero-order chi connectivity index (χ0) is 13.1. The quantitative estimate of drug-likeness (QED) is 0.924. The van der Waals surface area contributed by atoms with Gasteiger partial charge in [-0.25, -0.2) is 0 Å². The average molecular weight is 299 g/mol. The summed E-state index contributed by atoms with van der Waals surface area (Å²) in [5.41, 5.74) is 0.809. The third-order valence-corrected chi connectivity index (χ3v) is 3.27. The number of carbonyl (C=O) groups is 1. The first-order chi connectivity index (χ1) is 8.60. The Morgan fingerprint density at radius 3 is 2.72 bits per heavy atom. The minimum absolute atomic E-state index is 0.139. The Bertz CT molecular complexity index is 650. The predicted molar refractivity (Wildman–Crippen MR) is 69.0 cm³/mol. The van der Waals surface area contributed by atoms with Crippen molar-refractivity contribution < 1.29 is 4.79 Å². The topological polar surface area (TPSA) is 78.7 Å². The molecule has 0 saturated carbocycles. The summed E-state index contributed by atoms with van der Waals surface area (Å²) in [6, 6.07) is 6.50. The average Bonchev–Trinajstić information content (AvgIpc) is 2.78. The summed E-state index contributed by atoms with van der Waals surface area (Å²) < 4.78 is 0.186. The minimum atomic E-state index is -0.453. The molecule has 5 nitrogen and oxygen atoms in total. The number of halogens is 2. The number of hydrogen-bond donors (Lipinski definition) is 1. The van der Waals surface area contributed by atoms with Gasteiger partial charge in [-0.15, -0.1) is 10.2 Å². The van der Waals surface area contributed by atoms with Crippen molar-refractivity contribution >= 4 is 46.1 Å². The van der Waals surface area contributed by atoms with Crippen LogP contribution in [0.2, 0.25) is 9.49 Å². The SMILES string of the molecule is N#Cc1ccc(NC(=O)c2nnc(Cl)s2)c(Cl)c1. The summed E-state index contributed by atoms with van der Waals surface area (Å²) >= 11 is 12.5. The van der Waals surface area contributed by atoms with Crippen LogP contribution in [0, 0.1) is 11.3 Å². The van der Waals surface area contributed by atoms with E-state index in [4.69, 9.17) is 28.5 Å². The second-order valence-corrected chi connectivity index (χ2v) is 5.09. The highest BCUT2D eigenvalue weighted by Gasteiger charge is 2.13. The van der Waals surface area contributed by atoms with E-state index in [2.05, 4.69) is 15.5 Å². The van der Waals surface area contributed by atoms with Gasteiger partial charge in [0.25, 0.3) is 5.91 Å². The monoisotopic (exact) mass is 298 g/mol. The molecule has 8 heteroatoms. The maximum Gasteiger partial charge on any atom is 0.286 e. The van der Waals surface area contributed by atoms with Gasteiger partial charge < -0.3 is 5.32 Å². The molecule has 0 fully saturated rings. The fourth-order valence-electron chi connectivity index (χ4n) is 1.16. The van der Waals surface area contributed by atoms with Crippen LogP contribution in [0.15, 0.2) is 18.2 Å². The summed E-state index contributed by atoms with van der Waals surface area (Å²) in [6.07, 6.45) is 0. The lowest BCUT2D eigenvalue weighted by Gasteiger charge is -2.04. The van der Waals surface area contributed by atoms with Crippen molar-refractivity contribution in [2.45, 2.75) is 0 Å². The molecule has 0 radical (unpaired) electrons. The van der Waals surface area contributed by atoms with Gasteiger partial charge in [-0.1, -0.05) is 22.9 Å². The third-order valence-electron chi connectivity index (χ3n) is 1.94. The van der Waals surface area contributed by atoms with Gasteiger partial charge in [0.05, 0.1) is 22.3 Å². The molecule has 0 spiro atoms. The first-order valence-corrected chi connectivity index (χ1v) is 6.17. The van der Waals surface area contributed by atoms with Crippen molar-refractivity contribution in [3.63, 3.8) is 0 Å². The molecule has 0 unspecified atom stereocenters. The minimum Gasteiger partial charge on any atom is -0.318 e. The summed E-state index contributed by atoms with van der Waals surface area (Å²) in [5.74, 6) is -0.453. The fourth-order valence-corrected chi connectivity index (χ4v) is 2.11. The Hall–Kier alpha value is -1.68. The fraction of sp³-hybridized carbons (Fsp3) is 0. The zero-order valence-corrected chi connectivity index (χ0v) is 11.0. The Morgan fingerprint density at radius 2 is 2.17 bits per heavy atom. The van der Waals surface area contributed by atoms with Crippen LogP contribution in [0.25, 0.3) is 0 Å². The highest BCUT2D eigenvalue weighted by atomic mass is 35.5. The van der Waals surface area contributed by atoms with E-state index in [1.165, 1.54) is 6.07 Å². The zero-order valence-electron chi connectivity index (χ0n) is 8.65. The molecule has 0 atom stereocenters. The molecule has 0 saturated heterocycles. The first kappa shape index (κ1) is 12.8. The number of rotatable bonds is 2. The molecule has 1 N–H and O–H groups in total. The Kier molecular flexibility index (Phi) is 3.77. The number of nitriles is 1. The molecule has 0 bridgehead atoms. The summed E-state index contributed by atoms with van der Waals surface area (Å²) in [6.45, 7) is 0. The molecular weight excluding hydrogens is 295 g/mol. The highest BCUT2D eigenvalue weighted by Crippen LogP contribution is 2.24. The largest absolute Gasteiger partial charge is 0.318 e. The van der Waals surface area contributed by atoms with Gasteiger partial charge in [0, 0.05) is 0 Å². The van der Waals surface area contributed by atoms with Gasteiger partial charge in [0.15, 0.2) is 0 Å². The third kappa shape index (κ3) is 2.76. The van der Waals surface area contributed by atoms with Gasteiger partial charge >= 0.3 is 0 Å². The predicted octanol–water partition coefficient (Wildman–Crippen LogP) is 2.97. The highest BCUT2D eigenvalue weighted by molar-refractivity contribution is 7.17. The van der Waals surface area contributed by atoms with Crippen molar-refractivity contribution in [2.75, 3.05) is 5.32 Å². The van der Waals surface area contributed by atoms with E-state index < -0.39 is 5.91 Å². The number of carbonyl (C=O) groups excluding carboxylic acids is 1. The van der Waals surface area contributed by atoms with Crippen LogP contribution in [0.3, 0.4) is 0 Å². The molecule has 2 rings (SSSR count). The van der Waals surface area contributed by atoms with E-state index >= 15 is 0 Å². The lowest BCUT2D eigenvalue weighted by Crippen LogP contribution is -2.11. The van der Waals surface area contributed by atoms with Gasteiger partial charge in [0.1, 0.15) is 0 Å². The van der Waals surface area contributed by atoms with Crippen LogP contribution >= 0.6 is 34.5 Å². The molecule has 2 aromatic rings. The standard InChI is InChI=1S/C10H4Cl2N4OS/c11-6-3-5(4-13)1-2-7(6)14-8(17)9-15-16-10(12)18-9/h1-3H,(H,14,17). The number of anilines is 1. The smallest absolute Gasteiger partial charge is 0.286 e. The van der Waals surface area contributed by atoms with E-state index in [1.807, 2.05) is 6.07 Å². The van der Waals surface area contributed by atoms with Crippen LogP contribution in [0.1, 0.15) is 15.4 Å². The second-order valence-electron chi connectivity index (χ2n) is 3.12. The lowest BCUT2D eigenvalue weighted by atomic mass is 10.2. The maximum absolute atomic E-state index is 11.7. The number of aromatic nitrogens is 2. The molecule has 1 heterocycles. The Labute approximate surface area is 116 Å². The molecule has 0 aliphatic heterocycles. The van der Waals surface area contributed by atoms with Crippen molar-refractivity contribution in [3.05, 3.63) is 38.3 Å². The van der Waals surface area contributed by atoms with Gasteiger partial charge in [-0.3, -0.25) is 4.79 Å². The van der Waals surface area contributed by atoms with Crippen molar-refractivity contribution in [3.8, 4) is 6.07 Å². The van der Waals surface area contributed by atoms with Crippen molar-refractivity contribution in [2.24, 2.45) is 0 Å². The van der Waals surface area contributed by atoms with E-state index in [0.717, 1.165) is 11.3 Å². The van der Waals surface area contributed by atoms with Crippen molar-refractivity contribution in [1.29, 1.82) is 5.26 Å². The van der Waals surface area contributed by atoms with E-state index in [0.29, 0.717) is 11.3 Å². The van der Waals surface area contributed by atoms with Crippen LogP contribution in [-0.2, 0) is 0 Å². The summed E-state index contributed by atoms with van der Waals surface area (Å²) in [5, 5.41) is 18.8. The van der Waals surface area contributed by atoms with E-state index in [1.54, 1.807) is 12.1 Å². The Balaban J connectivity index is 2.20.